The molecule has 5 rings (SSSR count). The first-order chi connectivity index (χ1) is 16.1. The molecule has 1 aliphatic rings. The van der Waals surface area contributed by atoms with Gasteiger partial charge in [-0.2, -0.15) is 0 Å². The second-order valence-electron chi connectivity index (χ2n) is 8.90. The maximum absolute atomic E-state index is 12.1. The Hall–Kier alpha value is -3.08. The molecular weight excluding hydrogens is 432 g/mol. The Bertz CT molecular complexity index is 1300. The third-order valence-electron chi connectivity index (χ3n) is 7.05. The van der Waals surface area contributed by atoms with Crippen LogP contribution in [0.5, 0.6) is 5.75 Å². The summed E-state index contributed by atoms with van der Waals surface area (Å²) in [6, 6.07) is 26.3. The van der Waals surface area contributed by atoms with Crippen LogP contribution in [0.3, 0.4) is 0 Å². The van der Waals surface area contributed by atoms with Crippen molar-refractivity contribution in [3.05, 3.63) is 112 Å². The van der Waals surface area contributed by atoms with Crippen molar-refractivity contribution in [2.75, 3.05) is 0 Å². The molecule has 0 saturated heterocycles. The van der Waals surface area contributed by atoms with Crippen LogP contribution in [0.15, 0.2) is 89.9 Å². The van der Waals surface area contributed by atoms with Crippen LogP contribution in [-0.2, 0) is 5.41 Å². The number of H-pyrrole nitrogens is 1. The van der Waals surface area contributed by atoms with Crippen molar-refractivity contribution in [2.24, 2.45) is 5.73 Å². The summed E-state index contributed by atoms with van der Waals surface area (Å²) in [6.07, 6.45) is 5.27. The number of pyridine rings is 1. The van der Waals surface area contributed by atoms with E-state index in [0.29, 0.717) is 16.2 Å². The molecular formula is C28H27ClN2O2. The number of ether oxygens (including phenoxy) is 1. The Balaban J connectivity index is 1.40. The highest BCUT2D eigenvalue weighted by molar-refractivity contribution is 6.32. The molecule has 1 saturated carbocycles. The summed E-state index contributed by atoms with van der Waals surface area (Å²) in [4.78, 5) is 14.7. The minimum absolute atomic E-state index is 0.0433. The van der Waals surface area contributed by atoms with Crippen LogP contribution in [0, 0.1) is 0 Å². The van der Waals surface area contributed by atoms with Crippen molar-refractivity contribution in [3.8, 4) is 5.75 Å². The van der Waals surface area contributed by atoms with E-state index < -0.39 is 0 Å². The number of aromatic amines is 1. The van der Waals surface area contributed by atoms with E-state index >= 15 is 0 Å². The summed E-state index contributed by atoms with van der Waals surface area (Å²) in [5.41, 5.74) is 9.08. The molecule has 168 valence electrons. The van der Waals surface area contributed by atoms with Crippen molar-refractivity contribution < 1.29 is 4.74 Å². The van der Waals surface area contributed by atoms with Gasteiger partial charge in [0, 0.05) is 23.0 Å². The van der Waals surface area contributed by atoms with E-state index in [2.05, 4.69) is 53.5 Å². The molecule has 3 N–H and O–H groups in total. The van der Waals surface area contributed by atoms with Crippen LogP contribution >= 0.6 is 11.6 Å². The Morgan fingerprint density at radius 3 is 2.33 bits per heavy atom. The Kier molecular flexibility index (Phi) is 5.96. The minimum Gasteiger partial charge on any atom is -0.489 e. The third-order valence-corrected chi connectivity index (χ3v) is 7.34. The Morgan fingerprint density at radius 1 is 0.970 bits per heavy atom. The molecule has 1 aliphatic carbocycles. The van der Waals surface area contributed by atoms with Gasteiger partial charge in [-0.05, 0) is 60.4 Å². The van der Waals surface area contributed by atoms with Crippen molar-refractivity contribution in [1.82, 2.24) is 4.98 Å². The molecule has 4 aromatic rings. The lowest BCUT2D eigenvalue weighted by Gasteiger charge is -2.45. The zero-order valence-corrected chi connectivity index (χ0v) is 19.1. The van der Waals surface area contributed by atoms with Crippen LogP contribution in [0.4, 0.5) is 0 Å². The van der Waals surface area contributed by atoms with Gasteiger partial charge in [0.1, 0.15) is 5.75 Å². The predicted octanol–water partition coefficient (Wildman–Crippen LogP) is 6.14. The first-order valence-electron chi connectivity index (χ1n) is 11.4. The van der Waals surface area contributed by atoms with Gasteiger partial charge in [-0.25, -0.2) is 0 Å². The number of hydrogen-bond acceptors (Lipinski definition) is 3. The van der Waals surface area contributed by atoms with Gasteiger partial charge in [-0.15, -0.1) is 0 Å². The number of hydrogen-bond donors (Lipinski definition) is 2. The van der Waals surface area contributed by atoms with Crippen molar-refractivity contribution in [2.45, 2.75) is 43.2 Å². The fraction of sp³-hybridized carbons (Fsp3) is 0.250. The monoisotopic (exact) mass is 458 g/mol. The highest BCUT2D eigenvalue weighted by Crippen LogP contribution is 2.48. The summed E-state index contributed by atoms with van der Waals surface area (Å²) < 4.78 is 6.36. The fourth-order valence-electron chi connectivity index (χ4n) is 5.21. The molecule has 1 heterocycles. The van der Waals surface area contributed by atoms with Crippen LogP contribution in [0.25, 0.3) is 10.8 Å². The summed E-state index contributed by atoms with van der Waals surface area (Å²) in [5.74, 6) is 0.624. The molecule has 1 fully saturated rings. The van der Waals surface area contributed by atoms with Gasteiger partial charge in [0.25, 0.3) is 5.56 Å². The summed E-state index contributed by atoms with van der Waals surface area (Å²) in [6.45, 7) is 0. The number of halogens is 1. The molecule has 33 heavy (non-hydrogen) atoms. The van der Waals surface area contributed by atoms with Gasteiger partial charge < -0.3 is 15.5 Å². The Labute approximate surface area is 198 Å². The molecule has 4 nitrogen and oxygen atoms in total. The van der Waals surface area contributed by atoms with E-state index in [0.717, 1.165) is 36.6 Å². The number of aromatic nitrogens is 1. The first-order valence-corrected chi connectivity index (χ1v) is 11.8. The smallest absolute Gasteiger partial charge is 0.255 e. The van der Waals surface area contributed by atoms with Gasteiger partial charge in [0.2, 0.25) is 0 Å². The molecule has 1 aromatic heterocycles. The average molecular weight is 459 g/mol. The number of fused-ring (bicyclic) bond motifs is 1. The number of benzene rings is 3. The van der Waals surface area contributed by atoms with Crippen molar-refractivity contribution in [3.63, 3.8) is 0 Å². The van der Waals surface area contributed by atoms with E-state index in [1.54, 1.807) is 12.3 Å². The summed E-state index contributed by atoms with van der Waals surface area (Å²) in [5, 5.41) is 1.84. The number of nitrogens with two attached hydrogens (primary N) is 1. The largest absolute Gasteiger partial charge is 0.489 e. The number of rotatable bonds is 5. The van der Waals surface area contributed by atoms with Crippen LogP contribution in [-0.4, -0.2) is 11.1 Å². The molecule has 1 atom stereocenters. The number of nitrogens with one attached hydrogen (secondary N) is 1. The maximum atomic E-state index is 12.1. The van der Waals surface area contributed by atoms with Crippen LogP contribution in [0.2, 0.25) is 5.02 Å². The quantitative estimate of drug-likeness (QED) is 0.377. The van der Waals surface area contributed by atoms with Crippen LogP contribution < -0.4 is 16.0 Å². The third kappa shape index (κ3) is 4.17. The van der Waals surface area contributed by atoms with Crippen molar-refractivity contribution >= 4 is 22.4 Å². The fourth-order valence-corrected chi connectivity index (χ4v) is 5.42. The zero-order valence-electron chi connectivity index (χ0n) is 18.3. The molecule has 0 unspecified atom stereocenters. The lowest BCUT2D eigenvalue weighted by molar-refractivity contribution is 0.104. The van der Waals surface area contributed by atoms with Gasteiger partial charge in [0.15, 0.2) is 0 Å². The molecule has 0 radical (unpaired) electrons. The van der Waals surface area contributed by atoms with E-state index in [4.69, 9.17) is 22.1 Å². The molecule has 3 aromatic carbocycles. The molecule has 0 amide bonds. The minimum atomic E-state index is -0.152. The van der Waals surface area contributed by atoms with Gasteiger partial charge in [0.05, 0.1) is 11.1 Å². The maximum Gasteiger partial charge on any atom is 0.255 e. The average Bonchev–Trinajstić information content (AvgIpc) is 2.86. The predicted molar refractivity (Wildman–Crippen MR) is 134 cm³/mol. The summed E-state index contributed by atoms with van der Waals surface area (Å²) >= 11 is 6.48. The van der Waals surface area contributed by atoms with E-state index in [1.165, 1.54) is 5.56 Å². The molecule has 0 spiro atoms. The van der Waals surface area contributed by atoms with Gasteiger partial charge in [-0.1, -0.05) is 72.3 Å². The normalized spacial score (nSPS) is 21.6. The standard InChI is InChI=1S/C28H27ClN2O2/c29-24-18-23-20(13-16-31-27(23)32)17-25(24)33-22-11-14-28(15-12-22,21-9-5-2-6-10-21)26(30)19-7-3-1-4-8-19/h1-10,13,16-18,22,26H,11-12,14-15,30H2,(H,31,32)/t22?,26-,28?/m1/s1. The molecule has 5 heteroatoms. The van der Waals surface area contributed by atoms with E-state index in [1.807, 2.05) is 24.3 Å². The van der Waals surface area contributed by atoms with Gasteiger partial charge >= 0.3 is 0 Å². The molecule has 0 bridgehead atoms. The van der Waals surface area contributed by atoms with Gasteiger partial charge in [-0.3, -0.25) is 4.79 Å². The lowest BCUT2D eigenvalue weighted by Crippen LogP contribution is -2.43. The summed E-state index contributed by atoms with van der Waals surface area (Å²) in [7, 11) is 0. The lowest BCUT2D eigenvalue weighted by atomic mass is 9.63. The zero-order chi connectivity index (χ0) is 22.8. The first kappa shape index (κ1) is 21.7. The Morgan fingerprint density at radius 2 is 1.64 bits per heavy atom. The highest BCUT2D eigenvalue weighted by atomic mass is 35.5. The second-order valence-corrected chi connectivity index (χ2v) is 9.31. The topological polar surface area (TPSA) is 68.1 Å². The van der Waals surface area contributed by atoms with E-state index in [9.17, 15) is 4.79 Å². The van der Waals surface area contributed by atoms with E-state index in [-0.39, 0.29) is 23.1 Å². The highest BCUT2D eigenvalue weighted by Gasteiger charge is 2.43. The second kappa shape index (κ2) is 9.05. The van der Waals surface area contributed by atoms with Crippen molar-refractivity contribution in [1.29, 1.82) is 0 Å². The molecule has 0 aliphatic heterocycles. The SMILES string of the molecule is N[C@H](c1ccccc1)C1(c2ccccc2)CCC(Oc2cc3cc[nH]c(=O)c3cc2Cl)CC1. The van der Waals surface area contributed by atoms with Crippen LogP contribution in [0.1, 0.15) is 42.9 Å².